The minimum absolute atomic E-state index is 0.0583. The van der Waals surface area contributed by atoms with Crippen LogP contribution in [0.1, 0.15) is 50.2 Å². The predicted octanol–water partition coefficient (Wildman–Crippen LogP) is 4.02. The van der Waals surface area contributed by atoms with Gasteiger partial charge in [0.25, 0.3) is 0 Å². The van der Waals surface area contributed by atoms with E-state index < -0.39 is 23.5 Å². The quantitative estimate of drug-likeness (QED) is 0.693. The molecular weight excluding hydrogens is 420 g/mol. The van der Waals surface area contributed by atoms with Crippen LogP contribution in [0.5, 0.6) is 0 Å². The largest absolute Gasteiger partial charge is 0.481 e. The molecule has 0 saturated carbocycles. The maximum absolute atomic E-state index is 12.9. The fourth-order valence-corrected chi connectivity index (χ4v) is 5.09. The summed E-state index contributed by atoms with van der Waals surface area (Å²) in [5.41, 5.74) is 3.61. The van der Waals surface area contributed by atoms with Crippen molar-refractivity contribution in [1.82, 2.24) is 10.2 Å². The number of carboxylic acid groups (broad SMARTS) is 1. The van der Waals surface area contributed by atoms with Gasteiger partial charge in [-0.1, -0.05) is 55.5 Å². The first-order valence-corrected chi connectivity index (χ1v) is 11.5. The summed E-state index contributed by atoms with van der Waals surface area (Å²) >= 11 is 0. The molecule has 7 heteroatoms. The van der Waals surface area contributed by atoms with Gasteiger partial charge in [-0.2, -0.15) is 0 Å². The van der Waals surface area contributed by atoms with Crippen molar-refractivity contribution in [3.63, 3.8) is 0 Å². The van der Waals surface area contributed by atoms with Gasteiger partial charge in [-0.25, -0.2) is 4.79 Å². The number of alkyl carbamates (subject to hydrolysis) is 1. The summed E-state index contributed by atoms with van der Waals surface area (Å²) in [6, 6.07) is 15.4. The second-order valence-electron chi connectivity index (χ2n) is 8.99. The minimum Gasteiger partial charge on any atom is -0.481 e. The lowest BCUT2D eigenvalue weighted by molar-refractivity contribution is -0.155. The van der Waals surface area contributed by atoms with Crippen LogP contribution in [0.3, 0.4) is 0 Å². The van der Waals surface area contributed by atoms with E-state index in [0.29, 0.717) is 25.8 Å². The van der Waals surface area contributed by atoms with E-state index >= 15 is 0 Å². The maximum Gasteiger partial charge on any atom is 0.407 e. The molecule has 2 N–H and O–H groups in total. The van der Waals surface area contributed by atoms with Crippen LogP contribution in [-0.2, 0) is 14.3 Å². The minimum atomic E-state index is -0.919. The highest BCUT2D eigenvalue weighted by Crippen LogP contribution is 2.44. The van der Waals surface area contributed by atoms with E-state index in [1.807, 2.05) is 43.3 Å². The number of piperidine rings is 1. The number of amides is 2. The van der Waals surface area contributed by atoms with Crippen molar-refractivity contribution >= 4 is 18.0 Å². The number of hydrogen-bond donors (Lipinski definition) is 2. The fraction of sp³-hybridized carbons (Fsp3) is 0.423. The predicted molar refractivity (Wildman–Crippen MR) is 124 cm³/mol. The summed E-state index contributed by atoms with van der Waals surface area (Å²) in [5, 5.41) is 12.3. The summed E-state index contributed by atoms with van der Waals surface area (Å²) in [6.45, 7) is 4.26. The number of hydrogen-bond acceptors (Lipinski definition) is 4. The van der Waals surface area contributed by atoms with Crippen LogP contribution in [0.4, 0.5) is 4.79 Å². The van der Waals surface area contributed by atoms with Gasteiger partial charge in [0.15, 0.2) is 0 Å². The number of fused-ring (bicyclic) bond motifs is 3. The zero-order valence-corrected chi connectivity index (χ0v) is 19.0. The summed E-state index contributed by atoms with van der Waals surface area (Å²) in [4.78, 5) is 38.8. The number of likely N-dealkylation sites (tertiary alicyclic amines) is 1. The van der Waals surface area contributed by atoms with Crippen molar-refractivity contribution in [3.8, 4) is 11.1 Å². The van der Waals surface area contributed by atoms with Gasteiger partial charge in [0, 0.05) is 19.0 Å². The molecule has 2 aromatic carbocycles. The van der Waals surface area contributed by atoms with Gasteiger partial charge in [0.05, 0.1) is 5.41 Å². The SMILES string of the molecule is CCC1(C(=O)O)CCCN(C(=O)[C@H](C)NC(=O)OCC2c3ccccc3-c3ccccc32)C1. The van der Waals surface area contributed by atoms with Crippen LogP contribution >= 0.6 is 0 Å². The number of nitrogens with zero attached hydrogens (tertiary/aromatic N) is 1. The third-order valence-electron chi connectivity index (χ3n) is 7.07. The highest BCUT2D eigenvalue weighted by molar-refractivity contribution is 5.86. The lowest BCUT2D eigenvalue weighted by atomic mass is 9.77. The Bertz CT molecular complexity index is 1020. The van der Waals surface area contributed by atoms with E-state index in [9.17, 15) is 19.5 Å². The number of carbonyl (C=O) groups excluding carboxylic acids is 2. The average molecular weight is 451 g/mol. The number of ether oxygens (including phenoxy) is 1. The third kappa shape index (κ3) is 4.32. The Labute approximate surface area is 193 Å². The molecule has 1 unspecified atom stereocenters. The number of aliphatic carboxylic acids is 1. The zero-order chi connectivity index (χ0) is 23.6. The molecule has 2 aliphatic rings. The Morgan fingerprint density at radius 3 is 2.30 bits per heavy atom. The van der Waals surface area contributed by atoms with E-state index in [0.717, 1.165) is 22.3 Å². The number of nitrogens with one attached hydrogen (secondary N) is 1. The Hall–Kier alpha value is -3.35. The average Bonchev–Trinajstić information content (AvgIpc) is 3.15. The van der Waals surface area contributed by atoms with E-state index in [1.54, 1.807) is 11.8 Å². The van der Waals surface area contributed by atoms with Crippen LogP contribution in [-0.4, -0.2) is 53.7 Å². The van der Waals surface area contributed by atoms with Gasteiger partial charge in [-0.3, -0.25) is 9.59 Å². The molecule has 0 bridgehead atoms. The topological polar surface area (TPSA) is 95.9 Å². The maximum atomic E-state index is 12.9. The second kappa shape index (κ2) is 9.25. The fourth-order valence-electron chi connectivity index (χ4n) is 5.09. The second-order valence-corrected chi connectivity index (χ2v) is 8.99. The van der Waals surface area contributed by atoms with Gasteiger partial charge in [-0.05, 0) is 48.4 Å². The van der Waals surface area contributed by atoms with Crippen molar-refractivity contribution < 1.29 is 24.2 Å². The molecular formula is C26H30N2O5. The first kappa shape index (κ1) is 22.8. The van der Waals surface area contributed by atoms with Gasteiger partial charge in [0.1, 0.15) is 12.6 Å². The summed E-state index contributed by atoms with van der Waals surface area (Å²) < 4.78 is 5.53. The van der Waals surface area contributed by atoms with Crippen molar-refractivity contribution in [1.29, 1.82) is 0 Å². The lowest BCUT2D eigenvalue weighted by Crippen LogP contribution is -2.54. The smallest absolute Gasteiger partial charge is 0.407 e. The molecule has 33 heavy (non-hydrogen) atoms. The van der Waals surface area contributed by atoms with Crippen molar-refractivity contribution in [2.45, 2.75) is 45.1 Å². The van der Waals surface area contributed by atoms with E-state index in [-0.39, 0.29) is 25.0 Å². The monoisotopic (exact) mass is 450 g/mol. The number of benzene rings is 2. The Kier molecular flexibility index (Phi) is 6.40. The highest BCUT2D eigenvalue weighted by Gasteiger charge is 2.43. The van der Waals surface area contributed by atoms with Crippen LogP contribution in [0.25, 0.3) is 11.1 Å². The van der Waals surface area contributed by atoms with E-state index in [2.05, 4.69) is 17.4 Å². The third-order valence-corrected chi connectivity index (χ3v) is 7.07. The van der Waals surface area contributed by atoms with E-state index in [1.165, 1.54) is 0 Å². The van der Waals surface area contributed by atoms with Crippen LogP contribution in [0, 0.1) is 5.41 Å². The Morgan fingerprint density at radius 2 is 1.73 bits per heavy atom. The van der Waals surface area contributed by atoms with Gasteiger partial charge >= 0.3 is 12.1 Å². The number of rotatable bonds is 6. The molecule has 2 aromatic rings. The Balaban J connectivity index is 1.37. The van der Waals surface area contributed by atoms with Crippen LogP contribution < -0.4 is 5.32 Å². The molecule has 2 atom stereocenters. The number of carbonyl (C=O) groups is 3. The van der Waals surface area contributed by atoms with Crippen LogP contribution in [0.2, 0.25) is 0 Å². The standard InChI is InChI=1S/C26H30N2O5/c1-3-26(24(30)31)13-8-14-28(16-26)23(29)17(2)27-25(32)33-15-22-20-11-6-4-9-18(20)19-10-5-7-12-21(19)22/h4-7,9-12,17,22H,3,8,13-16H2,1-2H3,(H,27,32)(H,30,31)/t17-,26?/m0/s1. The molecule has 1 aliphatic heterocycles. The first-order valence-electron chi connectivity index (χ1n) is 11.5. The summed E-state index contributed by atoms with van der Waals surface area (Å²) in [5.74, 6) is -1.22. The molecule has 7 nitrogen and oxygen atoms in total. The van der Waals surface area contributed by atoms with E-state index in [4.69, 9.17) is 4.74 Å². The molecule has 4 rings (SSSR count). The zero-order valence-electron chi connectivity index (χ0n) is 19.0. The molecule has 174 valence electrons. The molecule has 2 amide bonds. The van der Waals surface area contributed by atoms with Crippen molar-refractivity contribution in [2.24, 2.45) is 5.41 Å². The van der Waals surface area contributed by atoms with Gasteiger partial charge < -0.3 is 20.1 Å². The molecule has 1 heterocycles. The highest BCUT2D eigenvalue weighted by atomic mass is 16.5. The molecule has 0 spiro atoms. The molecule has 0 aromatic heterocycles. The first-order chi connectivity index (χ1) is 15.9. The van der Waals surface area contributed by atoms with Gasteiger partial charge in [0.2, 0.25) is 5.91 Å². The number of carboxylic acids is 1. The normalized spacial score (nSPS) is 20.5. The van der Waals surface area contributed by atoms with Crippen molar-refractivity contribution in [2.75, 3.05) is 19.7 Å². The Morgan fingerprint density at radius 1 is 1.12 bits per heavy atom. The van der Waals surface area contributed by atoms with Gasteiger partial charge in [-0.15, -0.1) is 0 Å². The summed E-state index contributed by atoms with van der Waals surface area (Å²) in [6.07, 6.45) is 0.982. The summed E-state index contributed by atoms with van der Waals surface area (Å²) in [7, 11) is 0. The molecule has 1 aliphatic carbocycles. The van der Waals surface area contributed by atoms with Crippen molar-refractivity contribution in [3.05, 3.63) is 59.7 Å². The lowest BCUT2D eigenvalue weighted by Gasteiger charge is -2.40. The molecule has 1 fully saturated rings. The molecule has 0 radical (unpaired) electrons. The molecule has 1 saturated heterocycles. The van der Waals surface area contributed by atoms with Crippen LogP contribution in [0.15, 0.2) is 48.5 Å².